The number of hydrogen-bond donors (Lipinski definition) is 1. The van der Waals surface area contributed by atoms with Crippen molar-refractivity contribution in [3.8, 4) is 0 Å². The molecule has 3 rings (SSSR count). The molecule has 3 fully saturated rings. The highest BCUT2D eigenvalue weighted by molar-refractivity contribution is 5.66. The normalized spacial score (nSPS) is 32.6. The van der Waals surface area contributed by atoms with Crippen LogP contribution in [0.25, 0.3) is 0 Å². The topological polar surface area (TPSA) is 74.9 Å². The number of ether oxygens (including phenoxy) is 3. The van der Waals surface area contributed by atoms with Gasteiger partial charge in [0, 0.05) is 19.3 Å². The lowest BCUT2D eigenvalue weighted by molar-refractivity contribution is -0.137. The molecule has 3 aliphatic rings. The van der Waals surface area contributed by atoms with E-state index in [1.54, 1.807) is 0 Å². The van der Waals surface area contributed by atoms with E-state index in [0.29, 0.717) is 30.8 Å². The van der Waals surface area contributed by atoms with Gasteiger partial charge in [-0.2, -0.15) is 0 Å². The summed E-state index contributed by atoms with van der Waals surface area (Å²) in [5, 5.41) is 8.67. The molecule has 29 heavy (non-hydrogen) atoms. The third-order valence-electron chi connectivity index (χ3n) is 6.38. The molecule has 1 N–H and O–H groups in total. The molecular formula is C24H40O5. The Labute approximate surface area is 176 Å². The first-order valence-corrected chi connectivity index (χ1v) is 12.0. The second-order valence-corrected chi connectivity index (χ2v) is 9.01. The first-order chi connectivity index (χ1) is 14.2. The van der Waals surface area contributed by atoms with Crippen molar-refractivity contribution in [3.05, 3.63) is 12.2 Å². The molecule has 5 nitrogen and oxygen atoms in total. The van der Waals surface area contributed by atoms with Crippen LogP contribution in [-0.2, 0) is 19.0 Å². The van der Waals surface area contributed by atoms with Crippen molar-refractivity contribution in [1.29, 1.82) is 0 Å². The maximum absolute atomic E-state index is 10.5. The van der Waals surface area contributed by atoms with Gasteiger partial charge in [-0.05, 0) is 32.1 Å². The first kappa shape index (κ1) is 22.8. The van der Waals surface area contributed by atoms with Crippen molar-refractivity contribution in [1.82, 2.24) is 0 Å². The number of aliphatic carboxylic acids is 1. The van der Waals surface area contributed by atoms with Gasteiger partial charge in [0.1, 0.15) is 0 Å². The lowest BCUT2D eigenvalue weighted by Gasteiger charge is -1.98. The average molecular weight is 409 g/mol. The van der Waals surface area contributed by atoms with E-state index in [4.69, 9.17) is 19.3 Å². The van der Waals surface area contributed by atoms with E-state index in [-0.39, 0.29) is 18.6 Å². The third-order valence-corrected chi connectivity index (χ3v) is 6.38. The molecule has 166 valence electrons. The molecule has 5 heteroatoms. The van der Waals surface area contributed by atoms with E-state index in [1.165, 1.54) is 51.4 Å². The van der Waals surface area contributed by atoms with Crippen LogP contribution in [0.4, 0.5) is 0 Å². The molecule has 6 unspecified atom stereocenters. The van der Waals surface area contributed by atoms with Crippen LogP contribution in [0.3, 0.4) is 0 Å². The number of carbonyl (C=O) groups is 1. The Morgan fingerprint density at radius 3 is 2.07 bits per heavy atom. The number of allylic oxidation sites excluding steroid dienone is 1. The largest absolute Gasteiger partial charge is 0.481 e. The van der Waals surface area contributed by atoms with Crippen molar-refractivity contribution in [2.75, 3.05) is 0 Å². The number of epoxide rings is 3. The van der Waals surface area contributed by atoms with E-state index >= 15 is 0 Å². The first-order valence-electron chi connectivity index (χ1n) is 12.0. The summed E-state index contributed by atoms with van der Waals surface area (Å²) in [7, 11) is 0. The molecule has 3 saturated heterocycles. The van der Waals surface area contributed by atoms with Gasteiger partial charge in [0.05, 0.1) is 36.6 Å². The van der Waals surface area contributed by atoms with E-state index in [1.807, 2.05) is 0 Å². The maximum Gasteiger partial charge on any atom is 0.303 e. The van der Waals surface area contributed by atoms with Crippen LogP contribution >= 0.6 is 0 Å². The van der Waals surface area contributed by atoms with Gasteiger partial charge < -0.3 is 19.3 Å². The lowest BCUT2D eigenvalue weighted by Crippen LogP contribution is -2.05. The highest BCUT2D eigenvalue weighted by Gasteiger charge is 2.51. The van der Waals surface area contributed by atoms with Crippen molar-refractivity contribution in [2.45, 2.75) is 133 Å². The number of unbranched alkanes of at least 4 members (excludes halogenated alkanes) is 7. The molecule has 0 spiro atoms. The molecule has 0 aromatic carbocycles. The molecule has 0 bridgehead atoms. The summed E-state index contributed by atoms with van der Waals surface area (Å²) in [5.41, 5.74) is 0. The van der Waals surface area contributed by atoms with Crippen molar-refractivity contribution in [3.63, 3.8) is 0 Å². The van der Waals surface area contributed by atoms with E-state index in [2.05, 4.69) is 19.1 Å². The van der Waals surface area contributed by atoms with E-state index < -0.39 is 5.97 Å². The fourth-order valence-electron chi connectivity index (χ4n) is 4.31. The van der Waals surface area contributed by atoms with Gasteiger partial charge in [-0.3, -0.25) is 4.79 Å². The van der Waals surface area contributed by atoms with Crippen molar-refractivity contribution < 1.29 is 24.1 Å². The molecule has 0 aromatic heterocycles. The Balaban J connectivity index is 1.11. The smallest absolute Gasteiger partial charge is 0.303 e. The molecular weight excluding hydrogens is 368 g/mol. The standard InChI is InChI=1S/C24H40O5/c1-2-3-4-5-6-7-8-9-10-11-13-18-20(27-18)16-22-23(29-22)17-21-19(28-21)14-12-15-24(25)26/h10-11,18-23H,2-9,12-17H2,1H3,(H,25,26). The summed E-state index contributed by atoms with van der Waals surface area (Å²) in [6, 6.07) is 0. The fraction of sp³-hybridized carbons (Fsp3) is 0.875. The predicted molar refractivity (Wildman–Crippen MR) is 113 cm³/mol. The monoisotopic (exact) mass is 408 g/mol. The lowest BCUT2D eigenvalue weighted by atomic mass is 10.0. The van der Waals surface area contributed by atoms with Crippen molar-refractivity contribution in [2.24, 2.45) is 0 Å². The Morgan fingerprint density at radius 1 is 0.759 bits per heavy atom. The Morgan fingerprint density at radius 2 is 1.34 bits per heavy atom. The SMILES string of the molecule is CCCCCCCCCC=CCC1OC1CC1OC1CC1OC1CCCC(=O)O. The van der Waals surface area contributed by atoms with Gasteiger partial charge >= 0.3 is 5.97 Å². The second-order valence-electron chi connectivity index (χ2n) is 9.01. The Kier molecular flexibility index (Phi) is 9.47. The van der Waals surface area contributed by atoms with Crippen molar-refractivity contribution >= 4 is 5.97 Å². The second kappa shape index (κ2) is 12.1. The van der Waals surface area contributed by atoms with Crippen LogP contribution in [-0.4, -0.2) is 47.7 Å². The minimum Gasteiger partial charge on any atom is -0.481 e. The number of carboxylic acid groups (broad SMARTS) is 1. The Hall–Kier alpha value is -0.910. The zero-order valence-electron chi connectivity index (χ0n) is 18.1. The Bertz CT molecular complexity index is 519. The number of carboxylic acids is 1. The van der Waals surface area contributed by atoms with Crippen LogP contribution in [0.5, 0.6) is 0 Å². The van der Waals surface area contributed by atoms with E-state index in [0.717, 1.165) is 25.7 Å². The molecule has 3 heterocycles. The number of rotatable bonds is 18. The molecule has 0 aliphatic carbocycles. The van der Waals surface area contributed by atoms with Gasteiger partial charge in [0.25, 0.3) is 0 Å². The third kappa shape index (κ3) is 9.18. The molecule has 0 radical (unpaired) electrons. The van der Waals surface area contributed by atoms with E-state index in [9.17, 15) is 4.79 Å². The van der Waals surface area contributed by atoms with Gasteiger partial charge in [-0.15, -0.1) is 0 Å². The number of hydrogen-bond acceptors (Lipinski definition) is 4. The molecule has 0 amide bonds. The minimum atomic E-state index is -0.723. The van der Waals surface area contributed by atoms with Gasteiger partial charge in [0.2, 0.25) is 0 Å². The van der Waals surface area contributed by atoms with Crippen LogP contribution in [0.2, 0.25) is 0 Å². The minimum absolute atomic E-state index is 0.239. The zero-order chi connectivity index (χ0) is 20.5. The van der Waals surface area contributed by atoms with Crippen LogP contribution in [0, 0.1) is 0 Å². The maximum atomic E-state index is 10.5. The highest BCUT2D eigenvalue weighted by Crippen LogP contribution is 2.42. The van der Waals surface area contributed by atoms with Crippen LogP contribution in [0.1, 0.15) is 96.8 Å². The summed E-state index contributed by atoms with van der Waals surface area (Å²) in [5.74, 6) is -0.723. The molecule has 0 saturated carbocycles. The summed E-state index contributed by atoms with van der Waals surface area (Å²) in [6.45, 7) is 2.27. The summed E-state index contributed by atoms with van der Waals surface area (Å²) in [4.78, 5) is 10.5. The average Bonchev–Trinajstić information content (AvgIpc) is 3.60. The van der Waals surface area contributed by atoms with Crippen LogP contribution < -0.4 is 0 Å². The van der Waals surface area contributed by atoms with Gasteiger partial charge in [-0.1, -0.05) is 57.6 Å². The fourth-order valence-corrected chi connectivity index (χ4v) is 4.31. The highest BCUT2D eigenvalue weighted by atomic mass is 16.6. The van der Waals surface area contributed by atoms with Gasteiger partial charge in [0.15, 0.2) is 0 Å². The quantitative estimate of drug-likeness (QED) is 0.186. The zero-order valence-corrected chi connectivity index (χ0v) is 18.1. The van der Waals surface area contributed by atoms with Gasteiger partial charge in [-0.25, -0.2) is 0 Å². The molecule has 0 aromatic rings. The summed E-state index contributed by atoms with van der Waals surface area (Å²) in [6.07, 6.45) is 22.2. The molecule has 3 aliphatic heterocycles. The molecule has 6 atom stereocenters. The summed E-state index contributed by atoms with van der Waals surface area (Å²) >= 11 is 0. The summed E-state index contributed by atoms with van der Waals surface area (Å²) < 4.78 is 17.2. The van der Waals surface area contributed by atoms with Crippen LogP contribution in [0.15, 0.2) is 12.2 Å². The predicted octanol–water partition coefficient (Wildman–Crippen LogP) is 5.41.